The van der Waals surface area contributed by atoms with Gasteiger partial charge in [0.1, 0.15) is 0 Å². The van der Waals surface area contributed by atoms with E-state index in [0.29, 0.717) is 5.57 Å². The highest BCUT2D eigenvalue weighted by Crippen LogP contribution is 1.93. The second kappa shape index (κ2) is 3.77. The summed E-state index contributed by atoms with van der Waals surface area (Å²) < 4.78 is 0. The Morgan fingerprint density at radius 2 is 1.70 bits per heavy atom. The molecule has 0 aromatic heterocycles. The van der Waals surface area contributed by atoms with Crippen molar-refractivity contribution in [2.45, 2.75) is 13.8 Å². The maximum absolute atomic E-state index is 10.5. The van der Waals surface area contributed by atoms with Gasteiger partial charge in [0.2, 0.25) is 0 Å². The van der Waals surface area contributed by atoms with Crippen LogP contribution in [0.25, 0.3) is 0 Å². The Hall–Kier alpha value is -1.18. The molecule has 0 saturated heterocycles. The fraction of sp³-hybridized carbons (Fsp3) is 0.250. The Balaban J connectivity index is 4.03. The largest absolute Gasteiger partial charge is 0.295 e. The first-order valence-electron chi connectivity index (χ1n) is 2.92. The van der Waals surface area contributed by atoms with Crippen LogP contribution in [0.2, 0.25) is 0 Å². The summed E-state index contributed by atoms with van der Waals surface area (Å²) in [5.41, 5.74) is 0.357. The van der Waals surface area contributed by atoms with E-state index in [2.05, 4.69) is 6.58 Å². The van der Waals surface area contributed by atoms with E-state index in [9.17, 15) is 9.59 Å². The first kappa shape index (κ1) is 8.82. The highest BCUT2D eigenvalue weighted by molar-refractivity contribution is 5.97. The van der Waals surface area contributed by atoms with Crippen molar-refractivity contribution in [3.63, 3.8) is 0 Å². The Labute approximate surface area is 60.2 Å². The molecule has 0 fully saturated rings. The van der Waals surface area contributed by atoms with Crippen LogP contribution in [0, 0.1) is 0 Å². The quantitative estimate of drug-likeness (QED) is 0.435. The van der Waals surface area contributed by atoms with E-state index < -0.39 is 0 Å². The number of ketones is 2. The lowest BCUT2D eigenvalue weighted by Crippen LogP contribution is -1.91. The normalized spacial score (nSPS) is 9.80. The van der Waals surface area contributed by atoms with Crippen LogP contribution in [0.15, 0.2) is 24.3 Å². The van der Waals surface area contributed by atoms with Crippen molar-refractivity contribution in [1.82, 2.24) is 0 Å². The van der Waals surface area contributed by atoms with Crippen molar-refractivity contribution in [3.05, 3.63) is 24.3 Å². The molecule has 0 spiro atoms. The predicted octanol–water partition coefficient (Wildman–Crippen LogP) is 1.28. The van der Waals surface area contributed by atoms with Crippen LogP contribution >= 0.6 is 0 Å². The fourth-order valence-electron chi connectivity index (χ4n) is 0.335. The van der Waals surface area contributed by atoms with Gasteiger partial charge in [-0.1, -0.05) is 6.58 Å². The lowest BCUT2D eigenvalue weighted by atomic mass is 10.2. The van der Waals surface area contributed by atoms with Gasteiger partial charge in [0.05, 0.1) is 0 Å². The molecule has 0 rings (SSSR count). The van der Waals surface area contributed by atoms with Crippen LogP contribution in [-0.4, -0.2) is 11.6 Å². The molecule has 0 aliphatic heterocycles. The van der Waals surface area contributed by atoms with Crippen LogP contribution in [0.5, 0.6) is 0 Å². The standard InChI is InChI=1S/C8H10O2/c1-6(8(3)10)4-5-7(2)9/h4-5H,1H2,2-3H3/b5-4-. The summed E-state index contributed by atoms with van der Waals surface area (Å²) in [5.74, 6) is -0.195. The molecule has 0 aliphatic carbocycles. The van der Waals surface area contributed by atoms with Crippen LogP contribution in [-0.2, 0) is 9.59 Å². The first-order valence-corrected chi connectivity index (χ1v) is 2.92. The lowest BCUT2D eigenvalue weighted by Gasteiger charge is -1.87. The topological polar surface area (TPSA) is 34.1 Å². The maximum atomic E-state index is 10.5. The van der Waals surface area contributed by atoms with E-state index in [1.54, 1.807) is 0 Å². The van der Waals surface area contributed by atoms with E-state index in [1.165, 1.54) is 26.0 Å². The van der Waals surface area contributed by atoms with E-state index >= 15 is 0 Å². The predicted molar refractivity (Wildman–Crippen MR) is 39.6 cm³/mol. The third kappa shape index (κ3) is 3.78. The molecule has 0 aromatic rings. The fourth-order valence-corrected chi connectivity index (χ4v) is 0.335. The number of hydrogen-bond donors (Lipinski definition) is 0. The Morgan fingerprint density at radius 3 is 2.00 bits per heavy atom. The average molecular weight is 138 g/mol. The number of carbonyl (C=O) groups is 2. The van der Waals surface area contributed by atoms with Crippen LogP contribution in [0.3, 0.4) is 0 Å². The van der Waals surface area contributed by atoms with Gasteiger partial charge in [0, 0.05) is 5.57 Å². The van der Waals surface area contributed by atoms with Crippen molar-refractivity contribution in [3.8, 4) is 0 Å². The van der Waals surface area contributed by atoms with Crippen molar-refractivity contribution >= 4 is 11.6 Å². The average Bonchev–Trinajstić information content (AvgIpc) is 1.82. The maximum Gasteiger partial charge on any atom is 0.159 e. The second-order valence-corrected chi connectivity index (χ2v) is 2.03. The van der Waals surface area contributed by atoms with Gasteiger partial charge < -0.3 is 0 Å². The number of rotatable bonds is 3. The van der Waals surface area contributed by atoms with Gasteiger partial charge in [0.15, 0.2) is 11.6 Å². The molecule has 0 radical (unpaired) electrons. The highest BCUT2D eigenvalue weighted by Gasteiger charge is 1.93. The molecular weight excluding hydrogens is 128 g/mol. The number of Topliss-reactive ketones (excluding diaryl/α,β-unsaturated/α-hetero) is 1. The zero-order chi connectivity index (χ0) is 8.15. The molecule has 0 amide bonds. The van der Waals surface area contributed by atoms with Gasteiger partial charge >= 0.3 is 0 Å². The molecule has 0 aliphatic rings. The molecule has 10 heavy (non-hydrogen) atoms. The van der Waals surface area contributed by atoms with E-state index in [4.69, 9.17) is 0 Å². The van der Waals surface area contributed by atoms with Crippen LogP contribution < -0.4 is 0 Å². The Morgan fingerprint density at radius 1 is 1.20 bits per heavy atom. The molecule has 0 aromatic carbocycles. The van der Waals surface area contributed by atoms with Gasteiger partial charge in [-0.2, -0.15) is 0 Å². The monoisotopic (exact) mass is 138 g/mol. The van der Waals surface area contributed by atoms with Gasteiger partial charge in [-0.25, -0.2) is 0 Å². The zero-order valence-electron chi connectivity index (χ0n) is 6.18. The van der Waals surface area contributed by atoms with E-state index in [0.717, 1.165) is 0 Å². The number of allylic oxidation sites excluding steroid dienone is 3. The molecular formula is C8H10O2. The van der Waals surface area contributed by atoms with E-state index in [-0.39, 0.29) is 11.6 Å². The summed E-state index contributed by atoms with van der Waals surface area (Å²) in [6, 6.07) is 0. The van der Waals surface area contributed by atoms with E-state index in [1.807, 2.05) is 0 Å². The molecule has 0 saturated carbocycles. The summed E-state index contributed by atoms with van der Waals surface area (Å²) in [6.07, 6.45) is 2.74. The first-order chi connectivity index (χ1) is 4.54. The summed E-state index contributed by atoms with van der Waals surface area (Å²) in [4.78, 5) is 20.8. The molecule has 0 unspecified atom stereocenters. The number of hydrogen-bond acceptors (Lipinski definition) is 2. The molecule has 0 N–H and O–H groups in total. The SMILES string of the molecule is C=C(/C=C\C(C)=O)C(C)=O. The molecule has 0 atom stereocenters. The Kier molecular flexibility index (Phi) is 3.33. The summed E-state index contributed by atoms with van der Waals surface area (Å²) in [6.45, 7) is 6.27. The molecule has 54 valence electrons. The minimum atomic E-state index is -0.113. The van der Waals surface area contributed by atoms with Crippen LogP contribution in [0.4, 0.5) is 0 Å². The lowest BCUT2D eigenvalue weighted by molar-refractivity contribution is -0.113. The molecule has 0 heterocycles. The summed E-state index contributed by atoms with van der Waals surface area (Å²) in [7, 11) is 0. The number of carbonyl (C=O) groups excluding carboxylic acids is 2. The van der Waals surface area contributed by atoms with Gasteiger partial charge in [-0.05, 0) is 26.0 Å². The zero-order valence-corrected chi connectivity index (χ0v) is 6.18. The van der Waals surface area contributed by atoms with Crippen LogP contribution in [0.1, 0.15) is 13.8 Å². The van der Waals surface area contributed by atoms with Crippen molar-refractivity contribution in [1.29, 1.82) is 0 Å². The van der Waals surface area contributed by atoms with Gasteiger partial charge in [-0.15, -0.1) is 0 Å². The smallest absolute Gasteiger partial charge is 0.159 e. The van der Waals surface area contributed by atoms with Gasteiger partial charge in [-0.3, -0.25) is 9.59 Å². The van der Waals surface area contributed by atoms with Crippen molar-refractivity contribution in [2.75, 3.05) is 0 Å². The minimum absolute atomic E-state index is 0.0811. The third-order valence-corrected chi connectivity index (χ3v) is 0.971. The summed E-state index contributed by atoms with van der Waals surface area (Å²) in [5, 5.41) is 0. The molecule has 0 bridgehead atoms. The highest BCUT2D eigenvalue weighted by atomic mass is 16.1. The summed E-state index contributed by atoms with van der Waals surface area (Å²) >= 11 is 0. The second-order valence-electron chi connectivity index (χ2n) is 2.03. The third-order valence-electron chi connectivity index (χ3n) is 0.971. The molecule has 2 heteroatoms. The molecule has 2 nitrogen and oxygen atoms in total. The Bertz CT molecular complexity index is 199. The minimum Gasteiger partial charge on any atom is -0.295 e. The van der Waals surface area contributed by atoms with Crippen molar-refractivity contribution in [2.24, 2.45) is 0 Å². The van der Waals surface area contributed by atoms with Crippen molar-refractivity contribution < 1.29 is 9.59 Å². The van der Waals surface area contributed by atoms with Gasteiger partial charge in [0.25, 0.3) is 0 Å².